The number of anilines is 1. The second kappa shape index (κ2) is 7.98. The molecule has 1 amide bonds. The largest absolute Gasteiger partial charge is 0.511 e. The van der Waals surface area contributed by atoms with Crippen LogP contribution in [0.2, 0.25) is 0 Å². The van der Waals surface area contributed by atoms with Gasteiger partial charge in [0.1, 0.15) is 22.0 Å². The minimum absolute atomic E-state index is 0.0355. The third-order valence-electron chi connectivity index (χ3n) is 6.59. The van der Waals surface area contributed by atoms with E-state index in [1.807, 2.05) is 0 Å². The smallest absolute Gasteiger partial charge is 0.286 e. The Morgan fingerprint density at radius 2 is 1.88 bits per heavy atom. The lowest BCUT2D eigenvalue weighted by Crippen LogP contribution is -2.52. The summed E-state index contributed by atoms with van der Waals surface area (Å²) in [5.41, 5.74) is 1.72. The van der Waals surface area contributed by atoms with Gasteiger partial charge in [-0.3, -0.25) is 4.79 Å². The zero-order valence-electron chi connectivity index (χ0n) is 18.1. The maximum Gasteiger partial charge on any atom is 0.286 e. The normalized spacial score (nSPS) is 24.0. The number of carbonyl (C=O) groups is 1. The summed E-state index contributed by atoms with van der Waals surface area (Å²) in [6.07, 6.45) is 3.24. The summed E-state index contributed by atoms with van der Waals surface area (Å²) in [5, 5.41) is 14.1. The molecule has 7 nitrogen and oxygen atoms in total. The van der Waals surface area contributed by atoms with Gasteiger partial charge in [-0.1, -0.05) is 31.0 Å². The highest BCUT2D eigenvalue weighted by Crippen LogP contribution is 2.40. The van der Waals surface area contributed by atoms with Gasteiger partial charge < -0.3 is 15.3 Å². The average molecular weight is 470 g/mol. The number of amides is 1. The number of fused-ring (bicyclic) bond motifs is 2. The van der Waals surface area contributed by atoms with Gasteiger partial charge in [-0.2, -0.15) is 8.42 Å². The highest BCUT2D eigenvalue weighted by Gasteiger charge is 2.45. The van der Waals surface area contributed by atoms with Gasteiger partial charge in [0.2, 0.25) is 0 Å². The van der Waals surface area contributed by atoms with Crippen molar-refractivity contribution in [2.75, 3.05) is 5.32 Å². The molecule has 172 valence electrons. The summed E-state index contributed by atoms with van der Waals surface area (Å²) in [6.45, 7) is 2.01. The summed E-state index contributed by atoms with van der Waals surface area (Å²) in [6, 6.07) is 10.6. The summed E-state index contributed by atoms with van der Waals surface area (Å²) >= 11 is 0. The van der Waals surface area contributed by atoms with Gasteiger partial charge in [0.25, 0.3) is 15.9 Å². The fourth-order valence-corrected chi connectivity index (χ4v) is 6.17. The molecule has 5 rings (SSSR count). The molecule has 3 aliphatic rings. The zero-order valence-corrected chi connectivity index (χ0v) is 18.9. The molecule has 2 N–H and O–H groups in total. The molecule has 0 saturated heterocycles. The number of hydrogen-bond acceptors (Lipinski definition) is 5. The lowest BCUT2D eigenvalue weighted by atomic mass is 9.78. The first kappa shape index (κ1) is 21.6. The quantitative estimate of drug-likeness (QED) is 0.706. The van der Waals surface area contributed by atoms with Gasteiger partial charge in [-0.25, -0.2) is 4.39 Å². The van der Waals surface area contributed by atoms with Crippen LogP contribution >= 0.6 is 0 Å². The fraction of sp³-hybridized carbons (Fsp3) is 0.333. The van der Waals surface area contributed by atoms with Crippen LogP contribution in [0.1, 0.15) is 36.8 Å². The van der Waals surface area contributed by atoms with Crippen LogP contribution in [0.5, 0.6) is 0 Å². The van der Waals surface area contributed by atoms with Crippen LogP contribution in [0.3, 0.4) is 0 Å². The lowest BCUT2D eigenvalue weighted by molar-refractivity contribution is -0.133. The van der Waals surface area contributed by atoms with E-state index in [0.29, 0.717) is 12.1 Å². The number of sulfonamides is 1. The van der Waals surface area contributed by atoms with Gasteiger partial charge in [0.05, 0.1) is 5.69 Å². The van der Waals surface area contributed by atoms with Crippen LogP contribution in [-0.2, 0) is 21.4 Å². The second-order valence-corrected chi connectivity index (χ2v) is 10.4. The predicted molar refractivity (Wildman–Crippen MR) is 122 cm³/mol. The molecule has 2 unspecified atom stereocenters. The Morgan fingerprint density at radius 1 is 1.15 bits per heavy atom. The van der Waals surface area contributed by atoms with E-state index in [1.165, 1.54) is 18.2 Å². The molecule has 2 atom stereocenters. The van der Waals surface area contributed by atoms with Crippen molar-refractivity contribution in [3.63, 3.8) is 0 Å². The molecule has 2 aromatic rings. The van der Waals surface area contributed by atoms with Crippen LogP contribution in [0.15, 0.2) is 63.1 Å². The van der Waals surface area contributed by atoms with E-state index in [4.69, 9.17) is 0 Å². The summed E-state index contributed by atoms with van der Waals surface area (Å²) in [7, 11) is -4.05. The van der Waals surface area contributed by atoms with Crippen molar-refractivity contribution < 1.29 is 22.7 Å². The molecule has 9 heteroatoms. The third-order valence-corrected chi connectivity index (χ3v) is 7.91. The van der Waals surface area contributed by atoms with E-state index in [0.717, 1.165) is 30.4 Å². The van der Waals surface area contributed by atoms with Crippen molar-refractivity contribution in [3.8, 4) is 0 Å². The summed E-state index contributed by atoms with van der Waals surface area (Å²) in [5.74, 6) is -1.44. The highest BCUT2D eigenvalue weighted by molar-refractivity contribution is 7.90. The summed E-state index contributed by atoms with van der Waals surface area (Å²) in [4.78, 5) is 15.4. The first-order valence-corrected chi connectivity index (χ1v) is 12.4. The third kappa shape index (κ3) is 3.80. The minimum atomic E-state index is -4.05. The van der Waals surface area contributed by atoms with Gasteiger partial charge >= 0.3 is 0 Å². The van der Waals surface area contributed by atoms with Crippen molar-refractivity contribution in [1.82, 2.24) is 4.90 Å². The van der Waals surface area contributed by atoms with E-state index in [9.17, 15) is 22.7 Å². The Labute approximate surface area is 191 Å². The number of nitrogens with one attached hydrogen (secondary N) is 1. The molecule has 0 bridgehead atoms. The Morgan fingerprint density at radius 3 is 2.64 bits per heavy atom. The number of aryl methyl sites for hydroxylation is 1. The van der Waals surface area contributed by atoms with E-state index >= 15 is 0 Å². The van der Waals surface area contributed by atoms with E-state index in [-0.39, 0.29) is 46.4 Å². The average Bonchev–Trinajstić information content (AvgIpc) is 2.78. The summed E-state index contributed by atoms with van der Waals surface area (Å²) < 4.78 is 43.0. The molecule has 1 saturated carbocycles. The molecule has 2 aromatic carbocycles. The van der Waals surface area contributed by atoms with Gasteiger partial charge in [-0.15, -0.1) is 4.40 Å². The Bertz CT molecular complexity index is 1300. The molecule has 2 aliphatic heterocycles. The van der Waals surface area contributed by atoms with E-state index < -0.39 is 15.9 Å². The fourth-order valence-electron chi connectivity index (χ4n) is 4.96. The number of amidine groups is 1. The molecule has 1 aliphatic carbocycles. The highest BCUT2D eigenvalue weighted by atomic mass is 32.2. The van der Waals surface area contributed by atoms with E-state index in [1.54, 1.807) is 36.1 Å². The molecule has 0 aromatic heterocycles. The monoisotopic (exact) mass is 469 g/mol. The number of nitrogens with zero attached hydrogens (tertiary/aromatic N) is 2. The number of halogens is 1. The molecule has 0 radical (unpaired) electrons. The van der Waals surface area contributed by atoms with Crippen molar-refractivity contribution in [2.24, 2.45) is 10.3 Å². The van der Waals surface area contributed by atoms with Gasteiger partial charge in [-0.05, 0) is 55.2 Å². The van der Waals surface area contributed by atoms with Gasteiger partial charge in [0, 0.05) is 18.5 Å². The number of rotatable bonds is 3. The zero-order chi connectivity index (χ0) is 23.3. The van der Waals surface area contributed by atoms with Crippen LogP contribution in [0.4, 0.5) is 10.1 Å². The molecule has 1 fully saturated rings. The number of aliphatic hydroxyl groups excluding tert-OH is 1. The molecular formula is C24H24FN3O4S. The van der Waals surface area contributed by atoms with Crippen molar-refractivity contribution >= 4 is 27.5 Å². The number of aliphatic hydroxyl groups is 1. The number of carbonyl (C=O) groups excluding carboxylic acids is 1. The van der Waals surface area contributed by atoms with Crippen molar-refractivity contribution in [2.45, 2.75) is 50.1 Å². The predicted octanol–water partition coefficient (Wildman–Crippen LogP) is 4.06. The lowest BCUT2D eigenvalue weighted by Gasteiger charge is -2.44. The van der Waals surface area contributed by atoms with Crippen LogP contribution in [-0.4, -0.2) is 36.2 Å². The van der Waals surface area contributed by atoms with Crippen molar-refractivity contribution in [3.05, 3.63) is 70.7 Å². The Kier molecular flexibility index (Phi) is 5.23. The molecular weight excluding hydrogens is 445 g/mol. The maximum absolute atomic E-state index is 13.7. The second-order valence-electron chi connectivity index (χ2n) is 8.82. The van der Waals surface area contributed by atoms with E-state index in [2.05, 4.69) is 9.71 Å². The number of hydrogen-bond donors (Lipinski definition) is 2. The van der Waals surface area contributed by atoms with Gasteiger partial charge in [0.15, 0.2) is 5.84 Å². The van der Waals surface area contributed by atoms with Crippen LogP contribution in [0.25, 0.3) is 0 Å². The molecule has 2 heterocycles. The first-order chi connectivity index (χ1) is 15.7. The Balaban J connectivity index is 1.58. The first-order valence-electron chi connectivity index (χ1n) is 11.0. The molecule has 0 spiro atoms. The number of benzene rings is 2. The van der Waals surface area contributed by atoms with Crippen molar-refractivity contribution in [1.29, 1.82) is 0 Å². The molecule has 33 heavy (non-hydrogen) atoms. The van der Waals surface area contributed by atoms with Crippen LogP contribution in [0, 0.1) is 18.7 Å². The Hall–Kier alpha value is -3.20. The maximum atomic E-state index is 13.7. The minimum Gasteiger partial charge on any atom is -0.511 e. The SMILES string of the molecule is Cc1ccc2c(c1)S(=O)(=O)N=C(C1=C(O)C3CCCCC3N(Cc3ccc(F)cc3)C1=O)N2. The standard InChI is InChI=1S/C24H24FN3O4S/c1-14-6-11-18-20(12-14)33(31,32)27-23(26-18)21-22(29)17-4-2-3-5-19(17)28(24(21)30)13-15-7-9-16(25)10-8-15/h6-12,17,19,29H,2-5,13H2,1H3,(H,26,27). The van der Waals surface area contributed by atoms with Crippen LogP contribution < -0.4 is 5.32 Å². The topological polar surface area (TPSA) is 99.1 Å².